The lowest BCUT2D eigenvalue weighted by molar-refractivity contribution is -0.139. The second-order valence-electron chi connectivity index (χ2n) is 10.5. The van der Waals surface area contributed by atoms with Crippen LogP contribution >= 0.6 is 11.6 Å². The first-order valence-corrected chi connectivity index (χ1v) is 16.0. The van der Waals surface area contributed by atoms with Crippen LogP contribution in [0.2, 0.25) is 5.02 Å². The van der Waals surface area contributed by atoms with Crippen molar-refractivity contribution in [1.82, 2.24) is 10.2 Å². The van der Waals surface area contributed by atoms with Crippen LogP contribution in [0.4, 0.5) is 5.69 Å². The number of hydrogen-bond acceptors (Lipinski definition) is 8. The molecular formula is C32H40ClN3O8S. The van der Waals surface area contributed by atoms with Crippen LogP contribution in [-0.4, -0.2) is 72.7 Å². The van der Waals surface area contributed by atoms with Crippen molar-refractivity contribution in [3.63, 3.8) is 0 Å². The van der Waals surface area contributed by atoms with Crippen molar-refractivity contribution >= 4 is 39.1 Å². The number of amides is 2. The molecule has 0 fully saturated rings. The largest absolute Gasteiger partial charge is 0.497 e. The van der Waals surface area contributed by atoms with Crippen LogP contribution in [0.3, 0.4) is 0 Å². The summed E-state index contributed by atoms with van der Waals surface area (Å²) in [6, 6.07) is 14.7. The van der Waals surface area contributed by atoms with Crippen LogP contribution in [0, 0.1) is 5.92 Å². The minimum absolute atomic E-state index is 0.00320. The number of anilines is 1. The number of benzene rings is 3. The Morgan fingerprint density at radius 3 is 2.13 bits per heavy atom. The van der Waals surface area contributed by atoms with Crippen molar-refractivity contribution in [2.24, 2.45) is 5.92 Å². The van der Waals surface area contributed by atoms with Gasteiger partial charge in [0.25, 0.3) is 10.0 Å². The van der Waals surface area contributed by atoms with E-state index in [0.29, 0.717) is 23.6 Å². The minimum Gasteiger partial charge on any atom is -0.497 e. The fourth-order valence-electron chi connectivity index (χ4n) is 4.48. The lowest BCUT2D eigenvalue weighted by Crippen LogP contribution is -2.51. The standard InChI is InChI=1S/C32H40ClN3O8S/c1-21(2)18-34-32(38)22(3)35(19-23-9-8-10-25(15-23)41-4)31(37)20-36(27-16-24(33)11-13-28(27)42-5)45(39,40)26-12-14-29(43-6)30(17-26)44-7/h8-17,21-22H,18-20H2,1-7H3,(H,34,38). The van der Waals surface area contributed by atoms with Gasteiger partial charge in [-0.05, 0) is 60.9 Å². The third-order valence-electron chi connectivity index (χ3n) is 6.97. The first kappa shape index (κ1) is 35.3. The van der Waals surface area contributed by atoms with Gasteiger partial charge in [0.15, 0.2) is 11.5 Å². The van der Waals surface area contributed by atoms with Gasteiger partial charge in [-0.1, -0.05) is 37.6 Å². The van der Waals surface area contributed by atoms with E-state index in [-0.39, 0.29) is 45.5 Å². The van der Waals surface area contributed by atoms with Crippen LogP contribution in [0.15, 0.2) is 65.6 Å². The minimum atomic E-state index is -4.45. The Balaban J connectivity index is 2.14. The van der Waals surface area contributed by atoms with E-state index in [9.17, 15) is 18.0 Å². The average Bonchev–Trinajstić information content (AvgIpc) is 3.03. The number of carbonyl (C=O) groups is 2. The molecule has 0 saturated heterocycles. The molecule has 0 aliphatic rings. The van der Waals surface area contributed by atoms with Gasteiger partial charge in [-0.25, -0.2) is 8.42 Å². The van der Waals surface area contributed by atoms with Gasteiger partial charge in [0, 0.05) is 24.2 Å². The predicted octanol–water partition coefficient (Wildman–Crippen LogP) is 4.76. The molecule has 3 aromatic rings. The maximum atomic E-state index is 14.3. The zero-order valence-corrected chi connectivity index (χ0v) is 28.1. The Hall–Kier alpha value is -4.16. The number of halogens is 1. The number of methoxy groups -OCH3 is 4. The second-order valence-corrected chi connectivity index (χ2v) is 12.8. The van der Waals surface area contributed by atoms with Crippen molar-refractivity contribution in [3.05, 3.63) is 71.2 Å². The lowest BCUT2D eigenvalue weighted by Gasteiger charge is -2.32. The molecule has 13 heteroatoms. The fraction of sp³-hybridized carbons (Fsp3) is 0.375. The lowest BCUT2D eigenvalue weighted by atomic mass is 10.1. The summed E-state index contributed by atoms with van der Waals surface area (Å²) in [5.41, 5.74) is 0.715. The highest BCUT2D eigenvalue weighted by Crippen LogP contribution is 2.37. The van der Waals surface area contributed by atoms with E-state index in [4.69, 9.17) is 30.5 Å². The van der Waals surface area contributed by atoms with Gasteiger partial charge >= 0.3 is 0 Å². The number of ether oxygens (including phenoxy) is 4. The molecule has 0 aliphatic heterocycles. The fourth-order valence-corrected chi connectivity index (χ4v) is 6.08. The highest BCUT2D eigenvalue weighted by atomic mass is 35.5. The number of nitrogens with one attached hydrogen (secondary N) is 1. The highest BCUT2D eigenvalue weighted by Gasteiger charge is 2.34. The molecule has 244 valence electrons. The zero-order chi connectivity index (χ0) is 33.3. The molecule has 45 heavy (non-hydrogen) atoms. The van der Waals surface area contributed by atoms with Gasteiger partial charge in [0.1, 0.15) is 24.1 Å². The number of nitrogens with zero attached hydrogens (tertiary/aromatic N) is 2. The summed E-state index contributed by atoms with van der Waals surface area (Å²) in [6.45, 7) is 5.24. The first-order valence-electron chi connectivity index (χ1n) is 14.1. The van der Waals surface area contributed by atoms with Crippen LogP contribution in [0.5, 0.6) is 23.0 Å². The van der Waals surface area contributed by atoms with Crippen LogP contribution in [-0.2, 0) is 26.2 Å². The Kier molecular flexibility index (Phi) is 12.3. The number of carbonyl (C=O) groups excluding carboxylic acids is 2. The number of sulfonamides is 1. The van der Waals surface area contributed by atoms with Crippen molar-refractivity contribution in [3.8, 4) is 23.0 Å². The molecule has 1 atom stereocenters. The van der Waals surface area contributed by atoms with Gasteiger partial charge in [-0.15, -0.1) is 0 Å². The normalized spacial score (nSPS) is 11.8. The SMILES string of the molecule is COc1cccc(CN(C(=O)CN(c2cc(Cl)ccc2OC)S(=O)(=O)c2ccc(OC)c(OC)c2)C(C)C(=O)NCC(C)C)c1. The van der Waals surface area contributed by atoms with Gasteiger partial charge in [0.2, 0.25) is 11.8 Å². The average molecular weight is 662 g/mol. The summed E-state index contributed by atoms with van der Waals surface area (Å²) >= 11 is 6.31. The van der Waals surface area contributed by atoms with Crippen LogP contribution < -0.4 is 28.6 Å². The van der Waals surface area contributed by atoms with Crippen LogP contribution in [0.25, 0.3) is 0 Å². The summed E-state index contributed by atoms with van der Waals surface area (Å²) in [5, 5.41) is 3.09. The maximum Gasteiger partial charge on any atom is 0.265 e. The van der Waals surface area contributed by atoms with Gasteiger partial charge in [-0.3, -0.25) is 13.9 Å². The number of rotatable bonds is 15. The second kappa shape index (κ2) is 15.7. The third kappa shape index (κ3) is 8.73. The first-order chi connectivity index (χ1) is 21.4. The molecule has 0 saturated carbocycles. The van der Waals surface area contributed by atoms with E-state index < -0.39 is 28.5 Å². The maximum absolute atomic E-state index is 14.3. The van der Waals surface area contributed by atoms with Gasteiger partial charge < -0.3 is 29.2 Å². The highest BCUT2D eigenvalue weighted by molar-refractivity contribution is 7.92. The Labute approximate surface area is 270 Å². The monoisotopic (exact) mass is 661 g/mol. The van der Waals surface area contributed by atoms with Gasteiger partial charge in [0.05, 0.1) is 39.0 Å². The topological polar surface area (TPSA) is 124 Å². The predicted molar refractivity (Wildman–Crippen MR) is 173 cm³/mol. The Morgan fingerprint density at radius 1 is 0.844 bits per heavy atom. The van der Waals surface area contributed by atoms with E-state index in [1.807, 2.05) is 13.8 Å². The van der Waals surface area contributed by atoms with Gasteiger partial charge in [-0.2, -0.15) is 0 Å². The molecule has 11 nitrogen and oxygen atoms in total. The molecule has 0 aliphatic carbocycles. The van der Waals surface area contributed by atoms with Crippen molar-refractivity contribution in [2.45, 2.75) is 38.3 Å². The van der Waals surface area contributed by atoms with Crippen molar-refractivity contribution < 1.29 is 37.0 Å². The molecule has 0 aromatic heterocycles. The molecule has 1 N–H and O–H groups in total. The number of hydrogen-bond donors (Lipinski definition) is 1. The van der Waals surface area contributed by atoms with Crippen molar-refractivity contribution in [1.29, 1.82) is 0 Å². The van der Waals surface area contributed by atoms with E-state index in [1.165, 1.54) is 63.7 Å². The van der Waals surface area contributed by atoms with Crippen LogP contribution in [0.1, 0.15) is 26.3 Å². The summed E-state index contributed by atoms with van der Waals surface area (Å²) in [6.07, 6.45) is 0. The summed E-state index contributed by atoms with van der Waals surface area (Å²) < 4.78 is 51.0. The van der Waals surface area contributed by atoms with E-state index in [0.717, 1.165) is 4.31 Å². The molecule has 0 radical (unpaired) electrons. The molecule has 0 heterocycles. The molecule has 3 rings (SSSR count). The molecule has 0 spiro atoms. The summed E-state index contributed by atoms with van der Waals surface area (Å²) in [4.78, 5) is 28.6. The van der Waals surface area contributed by atoms with Crippen molar-refractivity contribution in [2.75, 3.05) is 45.8 Å². The third-order valence-corrected chi connectivity index (χ3v) is 8.96. The molecule has 2 amide bonds. The molecule has 0 bridgehead atoms. The molecular weight excluding hydrogens is 622 g/mol. The zero-order valence-electron chi connectivity index (χ0n) is 26.5. The molecule has 1 unspecified atom stereocenters. The summed E-state index contributed by atoms with van der Waals surface area (Å²) in [5.74, 6) is 0.395. The summed E-state index contributed by atoms with van der Waals surface area (Å²) in [7, 11) is 1.28. The van der Waals surface area contributed by atoms with E-state index in [2.05, 4.69) is 5.32 Å². The van der Waals surface area contributed by atoms with E-state index >= 15 is 0 Å². The Bertz CT molecular complexity index is 1600. The quantitative estimate of drug-likeness (QED) is 0.247. The smallest absolute Gasteiger partial charge is 0.265 e. The van der Waals surface area contributed by atoms with E-state index in [1.54, 1.807) is 37.3 Å². The Morgan fingerprint density at radius 2 is 1.51 bits per heavy atom. The molecule has 3 aromatic carbocycles.